The van der Waals surface area contributed by atoms with Crippen LogP contribution in [-0.2, 0) is 0 Å². The van der Waals surface area contributed by atoms with Crippen molar-refractivity contribution in [2.75, 3.05) is 0 Å². The Hall–Kier alpha value is -3.01. The Morgan fingerprint density at radius 1 is 0.821 bits per heavy atom. The van der Waals surface area contributed by atoms with Gasteiger partial charge in [-0.25, -0.2) is 0 Å². The number of carbonyl (C=O) groups is 1. The van der Waals surface area contributed by atoms with E-state index >= 15 is 0 Å². The SMILES string of the molecule is O=C(C=Cc1ccc(-c2ccccc2Cl)o1)c1ccc(-c2cccc(Cl)c2)o1. The van der Waals surface area contributed by atoms with Gasteiger partial charge in [-0.15, -0.1) is 0 Å². The number of rotatable bonds is 5. The van der Waals surface area contributed by atoms with Crippen LogP contribution in [0.5, 0.6) is 0 Å². The van der Waals surface area contributed by atoms with Crippen molar-refractivity contribution in [1.29, 1.82) is 0 Å². The standard InChI is InChI=1S/C23H14Cl2O3/c24-16-5-3-4-15(14-16)21-12-13-23(28-21)20(26)10-8-17-9-11-22(27-17)18-6-1-2-7-19(18)25/h1-14H. The summed E-state index contributed by atoms with van der Waals surface area (Å²) in [4.78, 5) is 12.4. The lowest BCUT2D eigenvalue weighted by atomic mass is 10.2. The average molecular weight is 409 g/mol. The third-order valence-electron chi connectivity index (χ3n) is 4.12. The number of benzene rings is 2. The van der Waals surface area contributed by atoms with Crippen LogP contribution >= 0.6 is 23.2 Å². The fourth-order valence-electron chi connectivity index (χ4n) is 2.76. The topological polar surface area (TPSA) is 43.4 Å². The van der Waals surface area contributed by atoms with Gasteiger partial charge in [0.1, 0.15) is 17.3 Å². The average Bonchev–Trinajstić information content (AvgIpc) is 3.36. The largest absolute Gasteiger partial charge is 0.457 e. The van der Waals surface area contributed by atoms with Gasteiger partial charge in [-0.3, -0.25) is 4.79 Å². The van der Waals surface area contributed by atoms with Crippen LogP contribution in [0.25, 0.3) is 28.7 Å². The van der Waals surface area contributed by atoms with Crippen LogP contribution in [0.15, 0.2) is 87.7 Å². The number of ketones is 1. The van der Waals surface area contributed by atoms with Crippen LogP contribution in [-0.4, -0.2) is 5.78 Å². The van der Waals surface area contributed by atoms with Gasteiger partial charge in [0.25, 0.3) is 0 Å². The molecular formula is C23H14Cl2O3. The van der Waals surface area contributed by atoms with Crippen molar-refractivity contribution in [3.05, 3.63) is 100 Å². The number of hydrogen-bond acceptors (Lipinski definition) is 3. The first-order chi connectivity index (χ1) is 13.6. The molecule has 4 aromatic rings. The highest BCUT2D eigenvalue weighted by molar-refractivity contribution is 6.33. The van der Waals surface area contributed by atoms with E-state index in [4.69, 9.17) is 32.0 Å². The maximum atomic E-state index is 12.4. The molecule has 0 saturated carbocycles. The molecule has 0 radical (unpaired) electrons. The highest BCUT2D eigenvalue weighted by Crippen LogP contribution is 2.29. The summed E-state index contributed by atoms with van der Waals surface area (Å²) >= 11 is 12.2. The Morgan fingerprint density at radius 3 is 2.46 bits per heavy atom. The number of halogens is 2. The van der Waals surface area contributed by atoms with Crippen molar-refractivity contribution in [1.82, 2.24) is 0 Å². The van der Waals surface area contributed by atoms with Gasteiger partial charge in [0.2, 0.25) is 5.78 Å². The van der Waals surface area contributed by atoms with E-state index in [2.05, 4.69) is 0 Å². The maximum absolute atomic E-state index is 12.4. The number of allylic oxidation sites excluding steroid dienone is 1. The minimum atomic E-state index is -0.260. The van der Waals surface area contributed by atoms with Crippen LogP contribution in [0.4, 0.5) is 0 Å². The Labute approximate surface area is 171 Å². The molecule has 0 bridgehead atoms. The molecule has 5 heteroatoms. The Morgan fingerprint density at radius 2 is 1.64 bits per heavy atom. The summed E-state index contributed by atoms with van der Waals surface area (Å²) in [6.45, 7) is 0. The van der Waals surface area contributed by atoms with Gasteiger partial charge in [0.05, 0.1) is 5.02 Å². The number of carbonyl (C=O) groups excluding carboxylic acids is 1. The van der Waals surface area contributed by atoms with Gasteiger partial charge in [-0.1, -0.05) is 47.5 Å². The van der Waals surface area contributed by atoms with Gasteiger partial charge < -0.3 is 8.83 Å². The zero-order chi connectivity index (χ0) is 19.5. The van der Waals surface area contributed by atoms with E-state index in [1.165, 1.54) is 6.08 Å². The molecule has 0 aliphatic rings. The molecular weight excluding hydrogens is 395 g/mol. The van der Waals surface area contributed by atoms with Crippen molar-refractivity contribution in [3.8, 4) is 22.6 Å². The summed E-state index contributed by atoms with van der Waals surface area (Å²) in [6.07, 6.45) is 3.01. The molecule has 0 unspecified atom stereocenters. The minimum absolute atomic E-state index is 0.240. The van der Waals surface area contributed by atoms with E-state index in [0.717, 1.165) is 11.1 Å². The molecule has 0 amide bonds. The Bertz CT molecular complexity index is 1170. The quantitative estimate of drug-likeness (QED) is 0.255. The smallest absolute Gasteiger partial charge is 0.221 e. The lowest BCUT2D eigenvalue weighted by molar-refractivity contribution is 0.102. The van der Waals surface area contributed by atoms with E-state index in [-0.39, 0.29) is 11.5 Å². The van der Waals surface area contributed by atoms with E-state index in [0.29, 0.717) is 27.3 Å². The fraction of sp³-hybridized carbons (Fsp3) is 0. The summed E-state index contributed by atoms with van der Waals surface area (Å²) in [5, 5.41) is 1.21. The first-order valence-electron chi connectivity index (χ1n) is 8.53. The molecule has 4 rings (SSSR count). The summed E-state index contributed by atoms with van der Waals surface area (Å²) in [6, 6.07) is 21.7. The molecule has 0 saturated heterocycles. The van der Waals surface area contributed by atoms with Crippen LogP contribution in [0.2, 0.25) is 10.0 Å². The number of hydrogen-bond donors (Lipinski definition) is 0. The first-order valence-corrected chi connectivity index (χ1v) is 9.29. The normalized spacial score (nSPS) is 11.2. The highest BCUT2D eigenvalue weighted by Gasteiger charge is 2.11. The van der Waals surface area contributed by atoms with E-state index in [1.807, 2.05) is 36.4 Å². The van der Waals surface area contributed by atoms with Crippen molar-refractivity contribution in [2.45, 2.75) is 0 Å². The zero-order valence-corrected chi connectivity index (χ0v) is 16.1. The van der Waals surface area contributed by atoms with Gasteiger partial charge in [0, 0.05) is 16.1 Å². The van der Waals surface area contributed by atoms with Crippen LogP contribution in [0, 0.1) is 0 Å². The summed E-state index contributed by atoms with van der Waals surface area (Å²) in [5.74, 6) is 1.75. The molecule has 0 aliphatic carbocycles. The third kappa shape index (κ3) is 3.96. The van der Waals surface area contributed by atoms with Crippen molar-refractivity contribution in [3.63, 3.8) is 0 Å². The van der Waals surface area contributed by atoms with Crippen LogP contribution < -0.4 is 0 Å². The molecule has 28 heavy (non-hydrogen) atoms. The molecule has 0 spiro atoms. The summed E-state index contributed by atoms with van der Waals surface area (Å²) < 4.78 is 11.4. The molecule has 0 fully saturated rings. The van der Waals surface area contributed by atoms with Gasteiger partial charge in [0.15, 0.2) is 5.76 Å². The predicted molar refractivity (Wildman–Crippen MR) is 112 cm³/mol. The van der Waals surface area contributed by atoms with Gasteiger partial charge in [-0.2, -0.15) is 0 Å². The fourth-order valence-corrected chi connectivity index (χ4v) is 3.17. The molecule has 2 aromatic heterocycles. The van der Waals surface area contributed by atoms with Crippen LogP contribution in [0.3, 0.4) is 0 Å². The van der Waals surface area contributed by atoms with E-state index in [1.54, 1.807) is 42.5 Å². The molecule has 138 valence electrons. The predicted octanol–water partition coefficient (Wildman–Crippen LogP) is 7.41. The highest BCUT2D eigenvalue weighted by atomic mass is 35.5. The Balaban J connectivity index is 1.50. The summed E-state index contributed by atoms with van der Waals surface area (Å²) in [5.41, 5.74) is 1.61. The first kappa shape index (κ1) is 18.4. The lowest BCUT2D eigenvalue weighted by Crippen LogP contribution is -1.90. The lowest BCUT2D eigenvalue weighted by Gasteiger charge is -1.98. The van der Waals surface area contributed by atoms with E-state index < -0.39 is 0 Å². The maximum Gasteiger partial charge on any atom is 0.221 e. The minimum Gasteiger partial charge on any atom is -0.457 e. The van der Waals surface area contributed by atoms with E-state index in [9.17, 15) is 4.79 Å². The van der Waals surface area contributed by atoms with Gasteiger partial charge in [-0.05, 0) is 60.7 Å². The second kappa shape index (κ2) is 7.93. The molecule has 3 nitrogen and oxygen atoms in total. The monoisotopic (exact) mass is 408 g/mol. The van der Waals surface area contributed by atoms with Gasteiger partial charge >= 0.3 is 0 Å². The van der Waals surface area contributed by atoms with Crippen molar-refractivity contribution in [2.24, 2.45) is 0 Å². The molecule has 0 N–H and O–H groups in total. The van der Waals surface area contributed by atoms with Crippen LogP contribution in [0.1, 0.15) is 16.3 Å². The molecule has 0 atom stereocenters. The number of furan rings is 2. The zero-order valence-electron chi connectivity index (χ0n) is 14.6. The van der Waals surface area contributed by atoms with Crippen molar-refractivity contribution >= 4 is 35.1 Å². The Kier molecular flexibility index (Phi) is 5.20. The summed E-state index contributed by atoms with van der Waals surface area (Å²) in [7, 11) is 0. The van der Waals surface area contributed by atoms with Crippen molar-refractivity contribution < 1.29 is 13.6 Å². The molecule has 2 aromatic carbocycles. The molecule has 0 aliphatic heterocycles. The second-order valence-corrected chi connectivity index (χ2v) is 6.90. The third-order valence-corrected chi connectivity index (χ3v) is 4.69. The molecule has 2 heterocycles. The second-order valence-electron chi connectivity index (χ2n) is 6.05.